The normalized spacial score (nSPS) is 12.8. The van der Waals surface area contributed by atoms with Crippen molar-refractivity contribution in [3.8, 4) is 27.9 Å². The fourth-order valence-corrected chi connectivity index (χ4v) is 6.72. The van der Waals surface area contributed by atoms with Gasteiger partial charge in [0, 0.05) is 28.6 Å². The van der Waals surface area contributed by atoms with Crippen LogP contribution in [-0.2, 0) is 12.8 Å². The highest BCUT2D eigenvalue weighted by molar-refractivity contribution is 9.09. The van der Waals surface area contributed by atoms with Crippen molar-refractivity contribution in [1.29, 1.82) is 0 Å². The minimum Gasteiger partial charge on any atom is -0.284 e. The highest BCUT2D eigenvalue weighted by Gasteiger charge is 2.23. The summed E-state index contributed by atoms with van der Waals surface area (Å²) in [6, 6.07) is 25.7. The first-order chi connectivity index (χ1) is 18.1. The van der Waals surface area contributed by atoms with E-state index in [-0.39, 0.29) is 5.56 Å². The zero-order chi connectivity index (χ0) is 25.8. The smallest absolute Gasteiger partial charge is 0.255 e. The molecule has 5 rings (SSSR count). The Hall–Kier alpha value is -2.43. The summed E-state index contributed by atoms with van der Waals surface area (Å²) in [5.74, 6) is 0.560. The van der Waals surface area contributed by atoms with Crippen molar-refractivity contribution in [3.63, 3.8) is 0 Å². The number of alkyl halides is 2. The van der Waals surface area contributed by atoms with E-state index in [0.717, 1.165) is 41.2 Å². The maximum absolute atomic E-state index is 13.4. The van der Waals surface area contributed by atoms with E-state index in [1.165, 1.54) is 58.2 Å². The van der Waals surface area contributed by atoms with Crippen molar-refractivity contribution < 1.29 is 0 Å². The Morgan fingerprint density at radius 2 is 1.70 bits per heavy atom. The molecule has 0 saturated heterocycles. The third-order valence-electron chi connectivity index (χ3n) is 7.65. The first kappa shape index (κ1) is 26.2. The lowest BCUT2D eigenvalue weighted by Gasteiger charge is -2.17. The molecule has 0 N–H and O–H groups in total. The van der Waals surface area contributed by atoms with Crippen molar-refractivity contribution in [2.75, 3.05) is 10.7 Å². The summed E-state index contributed by atoms with van der Waals surface area (Å²) in [5, 5.41) is 1.90. The lowest BCUT2D eigenvalue weighted by molar-refractivity contribution is 0.574. The molecule has 2 nitrogen and oxygen atoms in total. The summed E-state index contributed by atoms with van der Waals surface area (Å²) >= 11 is 7.25. The molecule has 1 aliphatic carbocycles. The number of halogens is 2. The number of benzene rings is 3. The van der Waals surface area contributed by atoms with Crippen LogP contribution in [0.4, 0.5) is 0 Å². The Morgan fingerprint density at radius 3 is 2.43 bits per heavy atom. The summed E-state index contributed by atoms with van der Waals surface area (Å²) in [6.45, 7) is 2.25. The largest absolute Gasteiger partial charge is 0.284 e. The fraction of sp³-hybridized carbons (Fsp3) is 0.303. The number of fused-ring (bicyclic) bond motifs is 3. The molecule has 190 valence electrons. The second-order valence-corrected chi connectivity index (χ2v) is 11.5. The predicted octanol–water partition coefficient (Wildman–Crippen LogP) is 9.07. The van der Waals surface area contributed by atoms with Gasteiger partial charge in [-0.2, -0.15) is 0 Å². The summed E-state index contributed by atoms with van der Waals surface area (Å²) in [6.07, 6.45) is 8.58. The van der Waals surface area contributed by atoms with Gasteiger partial charge in [-0.25, -0.2) is 0 Å². The molecule has 0 radical (unpaired) electrons. The van der Waals surface area contributed by atoms with Gasteiger partial charge < -0.3 is 0 Å². The average molecular weight is 619 g/mol. The Bertz CT molecular complexity index is 1440. The molecule has 0 fully saturated rings. The van der Waals surface area contributed by atoms with Gasteiger partial charge in [-0.3, -0.25) is 9.36 Å². The molecule has 0 aliphatic heterocycles. The highest BCUT2D eigenvalue weighted by atomic mass is 79.9. The van der Waals surface area contributed by atoms with E-state index in [9.17, 15) is 4.79 Å². The zero-order valence-electron chi connectivity index (χ0n) is 21.4. The molecule has 37 heavy (non-hydrogen) atoms. The van der Waals surface area contributed by atoms with Crippen LogP contribution in [0.1, 0.15) is 60.8 Å². The molecular weight excluding hydrogens is 586 g/mol. The van der Waals surface area contributed by atoms with Crippen LogP contribution in [0.3, 0.4) is 0 Å². The summed E-state index contributed by atoms with van der Waals surface area (Å²) in [4.78, 5) is 13.4. The van der Waals surface area contributed by atoms with Gasteiger partial charge >= 0.3 is 0 Å². The van der Waals surface area contributed by atoms with Crippen molar-refractivity contribution in [3.05, 3.63) is 112 Å². The number of aryl methyl sites for hydroxylation is 1. The molecular formula is C33H33Br2NO. The van der Waals surface area contributed by atoms with Crippen LogP contribution in [0.2, 0.25) is 0 Å². The maximum atomic E-state index is 13.4. The third-order valence-corrected chi connectivity index (χ3v) is 8.51. The van der Waals surface area contributed by atoms with E-state index >= 15 is 0 Å². The number of rotatable bonds is 10. The minimum absolute atomic E-state index is 0.00569. The molecule has 1 unspecified atom stereocenters. The van der Waals surface area contributed by atoms with Crippen LogP contribution >= 0.6 is 31.9 Å². The van der Waals surface area contributed by atoms with Crippen LogP contribution < -0.4 is 5.56 Å². The number of aromatic nitrogens is 1. The number of pyridine rings is 1. The van der Waals surface area contributed by atoms with Gasteiger partial charge in [0.2, 0.25) is 0 Å². The van der Waals surface area contributed by atoms with E-state index in [4.69, 9.17) is 0 Å². The monoisotopic (exact) mass is 617 g/mol. The van der Waals surface area contributed by atoms with Gasteiger partial charge in [-0.1, -0.05) is 100 Å². The summed E-state index contributed by atoms with van der Waals surface area (Å²) in [5.41, 5.74) is 11.1. The van der Waals surface area contributed by atoms with E-state index in [2.05, 4.69) is 106 Å². The van der Waals surface area contributed by atoms with E-state index < -0.39 is 0 Å². The molecule has 0 bridgehead atoms. The van der Waals surface area contributed by atoms with Crippen LogP contribution in [0.5, 0.6) is 0 Å². The first-order valence-electron chi connectivity index (χ1n) is 13.3. The lowest BCUT2D eigenvalue weighted by Crippen LogP contribution is -2.17. The summed E-state index contributed by atoms with van der Waals surface area (Å²) < 4.78 is 1.76. The van der Waals surface area contributed by atoms with Crippen LogP contribution in [-0.4, -0.2) is 15.2 Å². The topological polar surface area (TPSA) is 22.0 Å². The molecule has 0 amide bonds. The highest BCUT2D eigenvalue weighted by Crippen LogP contribution is 2.43. The van der Waals surface area contributed by atoms with Crippen LogP contribution in [0.15, 0.2) is 83.8 Å². The Balaban J connectivity index is 1.49. The maximum Gasteiger partial charge on any atom is 0.255 e. The molecule has 1 aliphatic rings. The second-order valence-electron chi connectivity index (χ2n) is 9.93. The van der Waals surface area contributed by atoms with E-state index in [0.29, 0.717) is 5.92 Å². The number of hydrogen-bond acceptors (Lipinski definition) is 1. The van der Waals surface area contributed by atoms with Crippen molar-refractivity contribution in [1.82, 2.24) is 4.57 Å². The molecule has 0 saturated carbocycles. The number of nitrogens with zero attached hydrogens (tertiary/aromatic N) is 1. The molecule has 4 aromatic rings. The van der Waals surface area contributed by atoms with Crippen molar-refractivity contribution in [2.24, 2.45) is 0 Å². The Labute approximate surface area is 237 Å². The molecule has 4 heteroatoms. The van der Waals surface area contributed by atoms with Crippen LogP contribution in [0.25, 0.3) is 27.9 Å². The quantitative estimate of drug-likeness (QED) is 0.143. The van der Waals surface area contributed by atoms with Gasteiger partial charge in [-0.05, 0) is 94.3 Å². The van der Waals surface area contributed by atoms with Gasteiger partial charge in [0.05, 0.1) is 0 Å². The fourth-order valence-electron chi connectivity index (χ4n) is 5.74. The van der Waals surface area contributed by atoms with Crippen molar-refractivity contribution in [2.45, 2.75) is 51.4 Å². The lowest BCUT2D eigenvalue weighted by atomic mass is 9.90. The van der Waals surface area contributed by atoms with E-state index in [1.54, 1.807) is 4.57 Å². The van der Waals surface area contributed by atoms with Gasteiger partial charge in [0.15, 0.2) is 0 Å². The molecule has 1 heterocycles. The van der Waals surface area contributed by atoms with Gasteiger partial charge in [0.1, 0.15) is 0 Å². The third kappa shape index (κ3) is 5.42. The van der Waals surface area contributed by atoms with Gasteiger partial charge in [-0.15, -0.1) is 0 Å². The number of hydrogen-bond donors (Lipinski definition) is 0. The molecule has 0 spiro atoms. The predicted molar refractivity (Wildman–Crippen MR) is 164 cm³/mol. The average Bonchev–Trinajstić information content (AvgIpc) is 3.30. The second kappa shape index (κ2) is 12.0. The Morgan fingerprint density at radius 1 is 0.892 bits per heavy atom. The van der Waals surface area contributed by atoms with Crippen LogP contribution in [0, 0.1) is 0 Å². The first-order valence-corrected chi connectivity index (χ1v) is 15.6. The standard InChI is InChI=1S/C33H33Br2NO/c1-2-3-6-23(15-18-34)24-9-12-28(13-10-24)36-20-17-27(22-32(36)37)33-25(16-19-35)11-14-30-29-8-5-4-7-26(29)21-31(30)33/h4-5,7-14,17,20,22-23H,2-3,6,15-16,18-19,21H2,1H3. The van der Waals surface area contributed by atoms with Crippen molar-refractivity contribution >= 4 is 31.9 Å². The Kier molecular flexibility index (Phi) is 8.46. The van der Waals surface area contributed by atoms with Gasteiger partial charge in [0.25, 0.3) is 5.56 Å². The summed E-state index contributed by atoms with van der Waals surface area (Å²) in [7, 11) is 0. The van der Waals surface area contributed by atoms with E-state index in [1.807, 2.05) is 12.3 Å². The minimum atomic E-state index is 0.00569. The molecule has 1 aromatic heterocycles. The SMILES string of the molecule is CCCCC(CCBr)c1ccc(-n2ccc(-c3c(CCBr)ccc4c3Cc3ccccc3-4)cc2=O)cc1. The molecule has 3 aromatic carbocycles. The number of unbranched alkanes of at least 4 members (excludes halogenated alkanes) is 1. The molecule has 1 atom stereocenters. The zero-order valence-corrected chi connectivity index (χ0v) is 24.5.